The van der Waals surface area contributed by atoms with Gasteiger partial charge in [0.05, 0.1) is 34.1 Å². The van der Waals surface area contributed by atoms with Crippen molar-refractivity contribution in [2.24, 2.45) is 0 Å². The van der Waals surface area contributed by atoms with Crippen molar-refractivity contribution >= 4 is 67.9 Å². The highest BCUT2D eigenvalue weighted by Gasteiger charge is 2.26. The number of rotatable bonds is 5. The van der Waals surface area contributed by atoms with Crippen LogP contribution in [-0.2, 0) is 4.74 Å². The normalized spacial score (nSPS) is 14.7. The lowest BCUT2D eigenvalue weighted by atomic mass is 10.3. The number of halogens is 2. The molecule has 6 nitrogen and oxygen atoms in total. The Hall–Kier alpha value is -1.29. The van der Waals surface area contributed by atoms with Gasteiger partial charge < -0.3 is 4.74 Å². The zero-order valence-corrected chi connectivity index (χ0v) is 19.4. The summed E-state index contributed by atoms with van der Waals surface area (Å²) in [5, 5.41) is 2.26. The van der Waals surface area contributed by atoms with Gasteiger partial charge in [0.15, 0.2) is 5.13 Å². The van der Waals surface area contributed by atoms with E-state index in [-0.39, 0.29) is 18.3 Å². The molecule has 10 heteroatoms. The molecule has 1 saturated heterocycles. The third-order valence-electron chi connectivity index (χ3n) is 4.66. The van der Waals surface area contributed by atoms with Crippen LogP contribution in [0.5, 0.6) is 0 Å². The van der Waals surface area contributed by atoms with E-state index in [1.165, 1.54) is 22.7 Å². The Morgan fingerprint density at radius 2 is 2.00 bits per heavy atom. The van der Waals surface area contributed by atoms with Crippen molar-refractivity contribution in [2.45, 2.75) is 13.8 Å². The molecular formula is C19H22Cl2N4O2S2. The second-order valence-electron chi connectivity index (χ2n) is 6.67. The highest BCUT2D eigenvalue weighted by molar-refractivity contribution is 7.22. The number of anilines is 1. The van der Waals surface area contributed by atoms with Crippen LogP contribution in [0.3, 0.4) is 0 Å². The van der Waals surface area contributed by atoms with Crippen LogP contribution < -0.4 is 4.90 Å². The van der Waals surface area contributed by atoms with Gasteiger partial charge in [-0.3, -0.25) is 14.6 Å². The highest BCUT2D eigenvalue weighted by atomic mass is 35.5. The Morgan fingerprint density at radius 3 is 2.69 bits per heavy atom. The number of fused-ring (bicyclic) bond motifs is 1. The van der Waals surface area contributed by atoms with Crippen molar-refractivity contribution in [2.75, 3.05) is 44.3 Å². The molecule has 0 bridgehead atoms. The maximum absolute atomic E-state index is 13.4. The Labute approximate surface area is 188 Å². The van der Waals surface area contributed by atoms with Gasteiger partial charge >= 0.3 is 0 Å². The molecule has 1 aliphatic rings. The summed E-state index contributed by atoms with van der Waals surface area (Å²) in [7, 11) is 0. The first kappa shape index (κ1) is 22.4. The topological polar surface area (TPSA) is 58.6 Å². The Kier molecular flexibility index (Phi) is 7.47. The fourth-order valence-corrected chi connectivity index (χ4v) is 5.34. The third-order valence-corrected chi connectivity index (χ3v) is 6.99. The summed E-state index contributed by atoms with van der Waals surface area (Å²) in [5.41, 5.74) is 1.62. The molecule has 0 aliphatic carbocycles. The molecular weight excluding hydrogens is 451 g/mol. The molecule has 0 N–H and O–H groups in total. The average molecular weight is 473 g/mol. The molecule has 1 fully saturated rings. The number of aromatic nitrogens is 2. The number of morpholine rings is 1. The number of thiazole rings is 2. The SMILES string of the molecule is Cc1nc(C)c(C(=O)N(CCN2CCOCC2)c2nc3ccc(Cl)cc3s2)s1.Cl. The summed E-state index contributed by atoms with van der Waals surface area (Å²) in [6.45, 7) is 8.40. The lowest BCUT2D eigenvalue weighted by molar-refractivity contribution is 0.0391. The van der Waals surface area contributed by atoms with Crippen LogP contribution in [0.4, 0.5) is 5.13 Å². The maximum Gasteiger partial charge on any atom is 0.272 e. The Balaban J connectivity index is 0.00000240. The fraction of sp³-hybridized carbons (Fsp3) is 0.421. The van der Waals surface area contributed by atoms with Crippen LogP contribution in [0.25, 0.3) is 10.2 Å². The molecule has 1 aromatic carbocycles. The second kappa shape index (κ2) is 9.68. The first-order valence-corrected chi connectivity index (χ1v) is 11.1. The minimum atomic E-state index is -0.0403. The zero-order chi connectivity index (χ0) is 19.7. The molecule has 4 rings (SSSR count). The van der Waals surface area contributed by atoms with Crippen LogP contribution in [0.15, 0.2) is 18.2 Å². The zero-order valence-electron chi connectivity index (χ0n) is 16.2. The summed E-state index contributed by atoms with van der Waals surface area (Å²) in [5.74, 6) is -0.0403. The largest absolute Gasteiger partial charge is 0.379 e. The fourth-order valence-electron chi connectivity index (χ4n) is 3.20. The average Bonchev–Trinajstić information content (AvgIpc) is 3.24. The summed E-state index contributed by atoms with van der Waals surface area (Å²) >= 11 is 9.05. The maximum atomic E-state index is 13.4. The Morgan fingerprint density at radius 1 is 1.24 bits per heavy atom. The van der Waals surface area contributed by atoms with Gasteiger partial charge in [-0.1, -0.05) is 22.9 Å². The van der Waals surface area contributed by atoms with E-state index in [2.05, 4.69) is 9.88 Å². The van der Waals surface area contributed by atoms with E-state index in [0.29, 0.717) is 21.6 Å². The summed E-state index contributed by atoms with van der Waals surface area (Å²) < 4.78 is 6.40. The predicted octanol–water partition coefficient (Wildman–Crippen LogP) is 4.42. The molecule has 3 heterocycles. The van der Waals surface area contributed by atoms with Crippen LogP contribution in [0.2, 0.25) is 5.02 Å². The third kappa shape index (κ3) is 5.07. The number of ether oxygens (including phenoxy) is 1. The first-order valence-electron chi connectivity index (χ1n) is 9.13. The quantitative estimate of drug-likeness (QED) is 0.549. The smallest absolute Gasteiger partial charge is 0.272 e. The van der Waals surface area contributed by atoms with Crippen LogP contribution >= 0.6 is 46.7 Å². The van der Waals surface area contributed by atoms with Gasteiger partial charge in [-0.2, -0.15) is 0 Å². The standard InChI is InChI=1S/C19H21ClN4O2S2.ClH/c1-12-17(27-13(2)21-12)18(25)24(6-5-23-7-9-26-10-8-23)19-22-15-4-3-14(20)11-16(15)28-19;/h3-4,11H,5-10H2,1-2H3;1H. The van der Waals surface area contributed by atoms with E-state index in [4.69, 9.17) is 21.3 Å². The molecule has 0 unspecified atom stereocenters. The van der Waals surface area contributed by atoms with Crippen molar-refractivity contribution in [3.63, 3.8) is 0 Å². The number of carbonyl (C=O) groups is 1. The van der Waals surface area contributed by atoms with Crippen molar-refractivity contribution in [1.82, 2.24) is 14.9 Å². The van der Waals surface area contributed by atoms with E-state index in [1.807, 2.05) is 32.0 Å². The second-order valence-corrected chi connectivity index (χ2v) is 9.32. The molecule has 1 amide bonds. The van der Waals surface area contributed by atoms with E-state index in [0.717, 1.165) is 53.8 Å². The molecule has 0 radical (unpaired) electrons. The molecule has 3 aromatic rings. The lowest BCUT2D eigenvalue weighted by Gasteiger charge is -2.29. The molecule has 2 aromatic heterocycles. The summed E-state index contributed by atoms with van der Waals surface area (Å²) in [4.78, 5) is 27.3. The van der Waals surface area contributed by atoms with Gasteiger partial charge in [-0.15, -0.1) is 23.7 Å². The number of hydrogen-bond acceptors (Lipinski definition) is 7. The van der Waals surface area contributed by atoms with E-state index >= 15 is 0 Å². The van der Waals surface area contributed by atoms with E-state index < -0.39 is 0 Å². The van der Waals surface area contributed by atoms with Gasteiger partial charge in [-0.05, 0) is 32.0 Å². The molecule has 1 aliphatic heterocycles. The summed E-state index contributed by atoms with van der Waals surface area (Å²) in [6, 6.07) is 5.61. The number of aryl methyl sites for hydroxylation is 2. The highest BCUT2D eigenvalue weighted by Crippen LogP contribution is 2.32. The number of nitrogens with zero attached hydrogens (tertiary/aromatic N) is 4. The molecule has 29 heavy (non-hydrogen) atoms. The molecule has 0 atom stereocenters. The monoisotopic (exact) mass is 472 g/mol. The van der Waals surface area contributed by atoms with Gasteiger partial charge in [0.1, 0.15) is 4.88 Å². The molecule has 0 spiro atoms. The van der Waals surface area contributed by atoms with E-state index in [1.54, 1.807) is 4.90 Å². The van der Waals surface area contributed by atoms with Crippen molar-refractivity contribution in [3.8, 4) is 0 Å². The molecule has 0 saturated carbocycles. The number of carbonyl (C=O) groups excluding carboxylic acids is 1. The first-order chi connectivity index (χ1) is 13.5. The molecule has 156 valence electrons. The number of hydrogen-bond donors (Lipinski definition) is 0. The van der Waals surface area contributed by atoms with Crippen molar-refractivity contribution in [3.05, 3.63) is 38.8 Å². The van der Waals surface area contributed by atoms with Crippen molar-refractivity contribution in [1.29, 1.82) is 0 Å². The lowest BCUT2D eigenvalue weighted by Crippen LogP contribution is -2.43. The van der Waals surface area contributed by atoms with Crippen LogP contribution in [0, 0.1) is 13.8 Å². The predicted molar refractivity (Wildman–Crippen MR) is 122 cm³/mol. The van der Waals surface area contributed by atoms with E-state index in [9.17, 15) is 4.79 Å². The van der Waals surface area contributed by atoms with Gasteiger partial charge in [0, 0.05) is 31.2 Å². The minimum Gasteiger partial charge on any atom is -0.379 e. The number of benzene rings is 1. The minimum absolute atomic E-state index is 0. The van der Waals surface area contributed by atoms with Crippen LogP contribution in [-0.4, -0.2) is 60.2 Å². The summed E-state index contributed by atoms with van der Waals surface area (Å²) in [6.07, 6.45) is 0. The van der Waals surface area contributed by atoms with Gasteiger partial charge in [0.2, 0.25) is 0 Å². The number of amides is 1. The Bertz CT molecular complexity index is 1000. The van der Waals surface area contributed by atoms with Gasteiger partial charge in [-0.25, -0.2) is 9.97 Å². The van der Waals surface area contributed by atoms with Crippen molar-refractivity contribution < 1.29 is 9.53 Å². The van der Waals surface area contributed by atoms with Gasteiger partial charge in [0.25, 0.3) is 5.91 Å². The van der Waals surface area contributed by atoms with Crippen LogP contribution in [0.1, 0.15) is 20.4 Å².